The second-order valence-electron chi connectivity index (χ2n) is 7.15. The van der Waals surface area contributed by atoms with Crippen LogP contribution in [-0.4, -0.2) is 30.6 Å². The smallest absolute Gasteiger partial charge is 0.306 e. The van der Waals surface area contributed by atoms with Crippen LogP contribution in [-0.2, 0) is 14.3 Å². The van der Waals surface area contributed by atoms with Crippen molar-refractivity contribution in [2.45, 2.75) is 58.5 Å². The molecular formula is C20H29N3O3. The summed E-state index contributed by atoms with van der Waals surface area (Å²) in [5.74, 6) is -0.238. The predicted molar refractivity (Wildman–Crippen MR) is 102 cm³/mol. The van der Waals surface area contributed by atoms with Gasteiger partial charge in [0.15, 0.2) is 0 Å². The summed E-state index contributed by atoms with van der Waals surface area (Å²) in [6.07, 6.45) is 4.02. The van der Waals surface area contributed by atoms with Crippen LogP contribution >= 0.6 is 0 Å². The number of benzene rings is 1. The van der Waals surface area contributed by atoms with Crippen LogP contribution in [0.1, 0.15) is 58.4 Å². The summed E-state index contributed by atoms with van der Waals surface area (Å²) >= 11 is 0. The van der Waals surface area contributed by atoms with Crippen LogP contribution in [0, 0.1) is 11.3 Å². The van der Waals surface area contributed by atoms with Gasteiger partial charge < -0.3 is 15.4 Å². The van der Waals surface area contributed by atoms with E-state index in [2.05, 4.69) is 16.7 Å². The van der Waals surface area contributed by atoms with Crippen molar-refractivity contribution < 1.29 is 14.3 Å². The molecule has 142 valence electrons. The maximum Gasteiger partial charge on any atom is 0.306 e. The number of hydrogen-bond donors (Lipinski definition) is 2. The van der Waals surface area contributed by atoms with Crippen LogP contribution in [0.2, 0.25) is 0 Å². The highest BCUT2D eigenvalue weighted by Crippen LogP contribution is 2.11. The molecule has 0 aliphatic rings. The van der Waals surface area contributed by atoms with E-state index in [1.165, 1.54) is 0 Å². The Hall–Kier alpha value is -2.55. The first-order chi connectivity index (χ1) is 12.3. The first-order valence-electron chi connectivity index (χ1n) is 9.03. The van der Waals surface area contributed by atoms with E-state index in [9.17, 15) is 9.59 Å². The average molecular weight is 359 g/mol. The Morgan fingerprint density at radius 2 is 1.88 bits per heavy atom. The summed E-state index contributed by atoms with van der Waals surface area (Å²) in [5, 5.41) is 14.7. The largest absolute Gasteiger partial charge is 0.460 e. The van der Waals surface area contributed by atoms with Crippen molar-refractivity contribution >= 4 is 17.6 Å². The number of esters is 1. The lowest BCUT2D eigenvalue weighted by atomic mass is 10.1. The fourth-order valence-electron chi connectivity index (χ4n) is 2.31. The van der Waals surface area contributed by atoms with Crippen molar-refractivity contribution in [2.75, 3.05) is 18.4 Å². The molecule has 0 radical (unpaired) electrons. The zero-order valence-electron chi connectivity index (χ0n) is 15.9. The number of rotatable bonds is 10. The first kappa shape index (κ1) is 21.5. The summed E-state index contributed by atoms with van der Waals surface area (Å²) in [5.41, 5.74) is 0.883. The van der Waals surface area contributed by atoms with Gasteiger partial charge in [-0.05, 0) is 51.8 Å². The molecule has 0 heterocycles. The zero-order valence-corrected chi connectivity index (χ0v) is 15.9. The van der Waals surface area contributed by atoms with Crippen LogP contribution in [0.25, 0.3) is 0 Å². The molecule has 0 saturated heterocycles. The molecule has 0 fully saturated rings. The number of nitrogens with zero attached hydrogens (tertiary/aromatic N) is 1. The van der Waals surface area contributed by atoms with Crippen molar-refractivity contribution in [2.24, 2.45) is 0 Å². The Labute approximate surface area is 155 Å². The molecule has 0 spiro atoms. The second kappa shape index (κ2) is 11.1. The molecule has 6 nitrogen and oxygen atoms in total. The van der Waals surface area contributed by atoms with E-state index in [0.29, 0.717) is 18.5 Å². The van der Waals surface area contributed by atoms with Crippen LogP contribution in [0.3, 0.4) is 0 Å². The Morgan fingerprint density at radius 1 is 1.15 bits per heavy atom. The van der Waals surface area contributed by atoms with Gasteiger partial charge in [-0.1, -0.05) is 18.9 Å². The average Bonchev–Trinajstić information content (AvgIpc) is 2.57. The van der Waals surface area contributed by atoms with Gasteiger partial charge in [-0.3, -0.25) is 9.59 Å². The molecule has 0 aromatic heterocycles. The predicted octanol–water partition coefficient (Wildman–Crippen LogP) is 3.38. The molecule has 0 unspecified atom stereocenters. The number of carbonyl (C=O) groups excluding carboxylic acids is 2. The number of nitriles is 1. The minimum atomic E-state index is -0.425. The monoisotopic (exact) mass is 359 g/mol. The lowest BCUT2D eigenvalue weighted by Gasteiger charge is -2.19. The van der Waals surface area contributed by atoms with Gasteiger partial charge in [0, 0.05) is 18.7 Å². The Kier molecular flexibility index (Phi) is 9.21. The number of nitrogens with one attached hydrogen (secondary N) is 2. The minimum Gasteiger partial charge on any atom is -0.460 e. The SMILES string of the molecule is CC(C)(C)OC(=O)CCCCCCNC(=O)CNc1cccc(C#N)c1. The van der Waals surface area contributed by atoms with Crippen molar-refractivity contribution in [1.82, 2.24) is 5.32 Å². The van der Waals surface area contributed by atoms with Gasteiger partial charge in [-0.15, -0.1) is 0 Å². The standard InChI is InChI=1S/C20H29N3O3/c1-20(2,3)26-19(25)11-6-4-5-7-12-22-18(24)15-23-17-10-8-9-16(13-17)14-21/h8-10,13,23H,4-7,11-12,15H2,1-3H3,(H,22,24). The van der Waals surface area contributed by atoms with Crippen LogP contribution < -0.4 is 10.6 Å². The highest BCUT2D eigenvalue weighted by Gasteiger charge is 2.15. The molecule has 0 aliphatic heterocycles. The molecule has 1 aromatic carbocycles. The first-order valence-corrected chi connectivity index (χ1v) is 9.03. The van der Waals surface area contributed by atoms with E-state index in [4.69, 9.17) is 10.00 Å². The number of carbonyl (C=O) groups is 2. The third-order valence-electron chi connectivity index (χ3n) is 3.49. The molecular weight excluding hydrogens is 330 g/mol. The molecule has 0 atom stereocenters. The van der Waals surface area contributed by atoms with E-state index < -0.39 is 5.60 Å². The maximum atomic E-state index is 11.8. The molecule has 1 aromatic rings. The highest BCUT2D eigenvalue weighted by molar-refractivity contribution is 5.80. The summed E-state index contributed by atoms with van der Waals surface area (Å²) < 4.78 is 5.25. The minimum absolute atomic E-state index is 0.0823. The van der Waals surface area contributed by atoms with Crippen LogP contribution in [0.15, 0.2) is 24.3 Å². The Balaban J connectivity index is 2.05. The summed E-state index contributed by atoms with van der Waals surface area (Å²) in [6.45, 7) is 6.38. The highest BCUT2D eigenvalue weighted by atomic mass is 16.6. The van der Waals surface area contributed by atoms with Gasteiger partial charge in [0.2, 0.25) is 5.91 Å². The van der Waals surface area contributed by atoms with Gasteiger partial charge in [-0.25, -0.2) is 0 Å². The molecule has 26 heavy (non-hydrogen) atoms. The third-order valence-corrected chi connectivity index (χ3v) is 3.49. The van der Waals surface area contributed by atoms with Gasteiger partial charge in [0.05, 0.1) is 18.2 Å². The zero-order chi connectivity index (χ0) is 19.4. The van der Waals surface area contributed by atoms with E-state index in [0.717, 1.165) is 31.4 Å². The van der Waals surface area contributed by atoms with E-state index >= 15 is 0 Å². The second-order valence-corrected chi connectivity index (χ2v) is 7.15. The number of ether oxygens (including phenoxy) is 1. The maximum absolute atomic E-state index is 11.8. The van der Waals surface area contributed by atoms with Crippen molar-refractivity contribution in [3.05, 3.63) is 29.8 Å². The fourth-order valence-corrected chi connectivity index (χ4v) is 2.31. The van der Waals surface area contributed by atoms with Crippen molar-refractivity contribution in [3.63, 3.8) is 0 Å². The van der Waals surface area contributed by atoms with E-state index in [1.54, 1.807) is 18.2 Å². The lowest BCUT2D eigenvalue weighted by Crippen LogP contribution is -2.30. The molecule has 6 heteroatoms. The molecule has 0 saturated carbocycles. The Morgan fingerprint density at radius 3 is 2.58 bits per heavy atom. The Bertz CT molecular complexity index is 630. The normalized spacial score (nSPS) is 10.7. The lowest BCUT2D eigenvalue weighted by molar-refractivity contribution is -0.154. The third kappa shape index (κ3) is 10.3. The van der Waals surface area contributed by atoms with Gasteiger partial charge in [-0.2, -0.15) is 5.26 Å². The molecule has 1 rings (SSSR count). The van der Waals surface area contributed by atoms with Crippen LogP contribution in [0.5, 0.6) is 0 Å². The van der Waals surface area contributed by atoms with Gasteiger partial charge >= 0.3 is 5.97 Å². The van der Waals surface area contributed by atoms with Crippen molar-refractivity contribution in [3.8, 4) is 6.07 Å². The number of amides is 1. The topological polar surface area (TPSA) is 91.2 Å². The quantitative estimate of drug-likeness (QED) is 0.494. The van der Waals surface area contributed by atoms with Crippen LogP contribution in [0.4, 0.5) is 5.69 Å². The molecule has 1 amide bonds. The molecule has 0 bridgehead atoms. The summed E-state index contributed by atoms with van der Waals surface area (Å²) in [4.78, 5) is 23.3. The van der Waals surface area contributed by atoms with Gasteiger partial charge in [0.1, 0.15) is 5.60 Å². The van der Waals surface area contributed by atoms with E-state index in [-0.39, 0.29) is 18.4 Å². The number of hydrogen-bond acceptors (Lipinski definition) is 5. The number of unbranched alkanes of at least 4 members (excludes halogenated alkanes) is 3. The van der Waals surface area contributed by atoms with E-state index in [1.807, 2.05) is 26.8 Å². The summed E-state index contributed by atoms with van der Waals surface area (Å²) in [6, 6.07) is 9.08. The van der Waals surface area contributed by atoms with Crippen molar-refractivity contribution in [1.29, 1.82) is 5.26 Å². The molecule has 2 N–H and O–H groups in total. The fraction of sp³-hybridized carbons (Fsp3) is 0.550. The molecule has 0 aliphatic carbocycles. The van der Waals surface area contributed by atoms with Gasteiger partial charge in [0.25, 0.3) is 0 Å². The number of anilines is 1. The summed E-state index contributed by atoms with van der Waals surface area (Å²) in [7, 11) is 0.